The highest BCUT2D eigenvalue weighted by molar-refractivity contribution is 7.89. The van der Waals surface area contributed by atoms with Gasteiger partial charge < -0.3 is 9.84 Å². The highest BCUT2D eigenvalue weighted by Gasteiger charge is 2.26. The number of benzene rings is 1. The SMILES string of the molecule is CC1CC(NS(=O)(=O)c2ccccc2-c2ccno2)CCN1. The second-order valence-electron chi connectivity index (χ2n) is 5.57. The van der Waals surface area contributed by atoms with Crippen LogP contribution in [0.1, 0.15) is 19.8 Å². The van der Waals surface area contributed by atoms with E-state index >= 15 is 0 Å². The van der Waals surface area contributed by atoms with E-state index in [0.717, 1.165) is 19.4 Å². The lowest BCUT2D eigenvalue weighted by Gasteiger charge is -2.28. The summed E-state index contributed by atoms with van der Waals surface area (Å²) < 4.78 is 33.4. The highest BCUT2D eigenvalue weighted by atomic mass is 32.2. The topological polar surface area (TPSA) is 84.2 Å². The van der Waals surface area contributed by atoms with Gasteiger partial charge in [-0.1, -0.05) is 17.3 Å². The van der Waals surface area contributed by atoms with E-state index in [0.29, 0.717) is 17.4 Å². The van der Waals surface area contributed by atoms with Gasteiger partial charge in [0, 0.05) is 23.7 Å². The molecule has 0 amide bonds. The number of sulfonamides is 1. The molecule has 2 unspecified atom stereocenters. The van der Waals surface area contributed by atoms with Crippen molar-refractivity contribution in [3.05, 3.63) is 36.5 Å². The van der Waals surface area contributed by atoms with E-state index in [1.54, 1.807) is 30.3 Å². The van der Waals surface area contributed by atoms with Gasteiger partial charge >= 0.3 is 0 Å². The van der Waals surface area contributed by atoms with Gasteiger partial charge in [0.2, 0.25) is 10.0 Å². The average Bonchev–Trinajstić information content (AvgIpc) is 3.01. The Morgan fingerprint density at radius 2 is 2.14 bits per heavy atom. The molecule has 1 aromatic carbocycles. The lowest BCUT2D eigenvalue weighted by molar-refractivity contribution is 0.361. The molecule has 2 heterocycles. The van der Waals surface area contributed by atoms with Crippen LogP contribution in [0.5, 0.6) is 0 Å². The first-order valence-electron chi connectivity index (χ1n) is 7.32. The van der Waals surface area contributed by atoms with Gasteiger partial charge in [-0.05, 0) is 38.4 Å². The molecule has 3 rings (SSSR count). The molecule has 7 heteroatoms. The summed E-state index contributed by atoms with van der Waals surface area (Å²) in [5.41, 5.74) is 0.523. The largest absolute Gasteiger partial charge is 0.356 e. The van der Waals surface area contributed by atoms with Crippen molar-refractivity contribution in [3.63, 3.8) is 0 Å². The van der Waals surface area contributed by atoms with Crippen LogP contribution >= 0.6 is 0 Å². The number of nitrogens with zero attached hydrogens (tertiary/aromatic N) is 1. The maximum absolute atomic E-state index is 12.7. The van der Waals surface area contributed by atoms with Crippen LogP contribution in [-0.4, -0.2) is 32.2 Å². The van der Waals surface area contributed by atoms with Crippen LogP contribution in [0.25, 0.3) is 11.3 Å². The van der Waals surface area contributed by atoms with E-state index in [2.05, 4.69) is 22.1 Å². The van der Waals surface area contributed by atoms with Crippen LogP contribution in [0.15, 0.2) is 45.9 Å². The summed E-state index contributed by atoms with van der Waals surface area (Å²) in [6.07, 6.45) is 3.07. The van der Waals surface area contributed by atoms with Gasteiger partial charge in [0.15, 0.2) is 5.76 Å². The van der Waals surface area contributed by atoms with Crippen LogP contribution in [0, 0.1) is 0 Å². The molecule has 1 aliphatic rings. The fourth-order valence-corrected chi connectivity index (χ4v) is 4.28. The number of aromatic nitrogens is 1. The standard InChI is InChI=1S/C15H19N3O3S/c1-11-10-12(6-8-16-11)18-22(19,20)15-5-3-2-4-13(15)14-7-9-17-21-14/h2-5,7,9,11-12,16,18H,6,8,10H2,1H3. The van der Waals surface area contributed by atoms with Crippen LogP contribution in [-0.2, 0) is 10.0 Å². The molecule has 22 heavy (non-hydrogen) atoms. The van der Waals surface area contributed by atoms with Gasteiger partial charge in [-0.3, -0.25) is 0 Å². The maximum Gasteiger partial charge on any atom is 0.241 e. The minimum Gasteiger partial charge on any atom is -0.356 e. The molecule has 0 radical (unpaired) electrons. The summed E-state index contributed by atoms with van der Waals surface area (Å²) in [4.78, 5) is 0.220. The van der Waals surface area contributed by atoms with Crippen molar-refractivity contribution in [2.45, 2.75) is 36.7 Å². The lowest BCUT2D eigenvalue weighted by Crippen LogP contribution is -2.46. The van der Waals surface area contributed by atoms with E-state index in [-0.39, 0.29) is 10.9 Å². The fraction of sp³-hybridized carbons (Fsp3) is 0.400. The van der Waals surface area contributed by atoms with E-state index in [4.69, 9.17) is 4.52 Å². The molecule has 0 aliphatic carbocycles. The van der Waals surface area contributed by atoms with Crippen LogP contribution in [0.3, 0.4) is 0 Å². The molecule has 0 saturated carbocycles. The second-order valence-corrected chi connectivity index (χ2v) is 7.25. The highest BCUT2D eigenvalue weighted by Crippen LogP contribution is 2.27. The molecule has 0 bridgehead atoms. The predicted octanol–water partition coefficient (Wildman–Crippen LogP) is 1.76. The summed E-state index contributed by atoms with van der Waals surface area (Å²) in [5, 5.41) is 6.96. The Kier molecular flexibility index (Phi) is 4.28. The Morgan fingerprint density at radius 3 is 2.86 bits per heavy atom. The zero-order valence-electron chi connectivity index (χ0n) is 12.3. The molecule has 0 spiro atoms. The summed E-state index contributed by atoms with van der Waals surface area (Å²) in [6.45, 7) is 2.88. The molecular formula is C15H19N3O3S. The third-order valence-electron chi connectivity index (χ3n) is 3.83. The minimum atomic E-state index is -3.61. The molecule has 2 aromatic rings. The van der Waals surface area contributed by atoms with Crippen LogP contribution in [0.2, 0.25) is 0 Å². The Hall–Kier alpha value is -1.70. The monoisotopic (exact) mass is 321 g/mol. The zero-order chi connectivity index (χ0) is 15.6. The Morgan fingerprint density at radius 1 is 1.32 bits per heavy atom. The fourth-order valence-electron chi connectivity index (χ4n) is 2.78. The smallest absolute Gasteiger partial charge is 0.241 e. The molecule has 6 nitrogen and oxygen atoms in total. The summed E-state index contributed by atoms with van der Waals surface area (Å²) in [7, 11) is -3.61. The van der Waals surface area contributed by atoms with Gasteiger partial charge in [-0.2, -0.15) is 0 Å². The normalized spacial score (nSPS) is 22.6. The molecule has 1 aliphatic heterocycles. The minimum absolute atomic E-state index is 0.0518. The van der Waals surface area contributed by atoms with Gasteiger partial charge in [0.1, 0.15) is 0 Å². The average molecular weight is 321 g/mol. The first-order chi connectivity index (χ1) is 10.6. The number of rotatable bonds is 4. The molecule has 2 atom stereocenters. The molecule has 1 fully saturated rings. The van der Waals surface area contributed by atoms with Crippen LogP contribution in [0.4, 0.5) is 0 Å². The van der Waals surface area contributed by atoms with Gasteiger partial charge in [0.05, 0.1) is 11.1 Å². The van der Waals surface area contributed by atoms with Gasteiger partial charge in [-0.25, -0.2) is 13.1 Å². The summed E-state index contributed by atoms with van der Waals surface area (Å²) >= 11 is 0. The lowest BCUT2D eigenvalue weighted by atomic mass is 10.0. The predicted molar refractivity (Wildman–Crippen MR) is 82.7 cm³/mol. The molecule has 1 saturated heterocycles. The third kappa shape index (κ3) is 3.21. The maximum atomic E-state index is 12.7. The van der Waals surface area contributed by atoms with Crippen molar-refractivity contribution >= 4 is 10.0 Å². The first-order valence-corrected chi connectivity index (χ1v) is 8.80. The zero-order valence-corrected chi connectivity index (χ0v) is 13.1. The van der Waals surface area contributed by atoms with E-state index in [1.165, 1.54) is 6.20 Å². The number of hydrogen-bond acceptors (Lipinski definition) is 5. The summed E-state index contributed by atoms with van der Waals surface area (Å²) in [5.74, 6) is 0.444. The first kappa shape index (κ1) is 15.2. The van der Waals surface area contributed by atoms with E-state index in [9.17, 15) is 8.42 Å². The van der Waals surface area contributed by atoms with Crippen molar-refractivity contribution in [2.24, 2.45) is 0 Å². The number of nitrogens with one attached hydrogen (secondary N) is 2. The quantitative estimate of drug-likeness (QED) is 0.896. The van der Waals surface area contributed by atoms with Crippen molar-refractivity contribution in [1.82, 2.24) is 15.2 Å². The molecule has 118 valence electrons. The molecule has 2 N–H and O–H groups in total. The Bertz CT molecular complexity index is 728. The van der Waals surface area contributed by atoms with Crippen molar-refractivity contribution in [3.8, 4) is 11.3 Å². The Labute approximate surface area is 129 Å². The van der Waals surface area contributed by atoms with Crippen LogP contribution < -0.4 is 10.0 Å². The number of hydrogen-bond donors (Lipinski definition) is 2. The van der Waals surface area contributed by atoms with E-state index in [1.807, 2.05) is 0 Å². The molecular weight excluding hydrogens is 302 g/mol. The van der Waals surface area contributed by atoms with E-state index < -0.39 is 10.0 Å². The van der Waals surface area contributed by atoms with Crippen molar-refractivity contribution in [1.29, 1.82) is 0 Å². The van der Waals surface area contributed by atoms with Crippen molar-refractivity contribution in [2.75, 3.05) is 6.54 Å². The van der Waals surface area contributed by atoms with Gasteiger partial charge in [0.25, 0.3) is 0 Å². The second kappa shape index (κ2) is 6.20. The number of piperidine rings is 1. The third-order valence-corrected chi connectivity index (χ3v) is 5.40. The molecule has 1 aromatic heterocycles. The van der Waals surface area contributed by atoms with Gasteiger partial charge in [-0.15, -0.1) is 0 Å². The van der Waals surface area contributed by atoms with Crippen molar-refractivity contribution < 1.29 is 12.9 Å². The summed E-state index contributed by atoms with van der Waals surface area (Å²) in [6, 6.07) is 8.71. The Balaban J connectivity index is 1.89.